The summed E-state index contributed by atoms with van der Waals surface area (Å²) in [5.41, 5.74) is 5.86. The number of hydrogen-bond donors (Lipinski definition) is 0. The number of aliphatic imine (C=N–C) groups is 1. The lowest BCUT2D eigenvalue weighted by atomic mass is 9.72. The van der Waals surface area contributed by atoms with Crippen LogP contribution in [-0.2, 0) is 4.79 Å². The Kier molecular flexibility index (Phi) is 12.6. The Hall–Kier alpha value is -2.00. The van der Waals surface area contributed by atoms with E-state index in [1.165, 1.54) is 24.8 Å². The summed E-state index contributed by atoms with van der Waals surface area (Å²) in [5, 5.41) is 0.565. The molecule has 1 unspecified atom stereocenters. The number of nitrogens with zero attached hydrogens (tertiary/aromatic N) is 2. The zero-order valence-corrected chi connectivity index (χ0v) is 22.7. The first-order valence-electron chi connectivity index (χ1n) is 12.2. The Morgan fingerprint density at radius 2 is 1.70 bits per heavy atom. The molecule has 3 nitrogen and oxygen atoms in total. The summed E-state index contributed by atoms with van der Waals surface area (Å²) in [6.45, 7) is 16.6. The minimum Gasteiger partial charge on any atom is -0.300 e. The summed E-state index contributed by atoms with van der Waals surface area (Å²) in [7, 11) is 0. The lowest BCUT2D eigenvalue weighted by Gasteiger charge is -2.33. The summed E-state index contributed by atoms with van der Waals surface area (Å²) < 4.78 is 0. The van der Waals surface area contributed by atoms with Gasteiger partial charge in [-0.25, -0.2) is 4.98 Å². The molecule has 0 saturated heterocycles. The highest BCUT2D eigenvalue weighted by Crippen LogP contribution is 2.38. The van der Waals surface area contributed by atoms with Crippen LogP contribution < -0.4 is 0 Å². The molecule has 0 spiro atoms. The third kappa shape index (κ3) is 11.1. The predicted molar refractivity (Wildman–Crippen MR) is 144 cm³/mol. The molecule has 33 heavy (non-hydrogen) atoms. The van der Waals surface area contributed by atoms with Gasteiger partial charge in [-0.05, 0) is 68.6 Å². The Labute approximate surface area is 207 Å². The molecule has 1 fully saturated rings. The van der Waals surface area contributed by atoms with Crippen molar-refractivity contribution in [1.82, 2.24) is 4.98 Å². The SMILES string of the molecule is CC1(C)CCC1.CCC(=O)CC(C)c1ccccc1.CCC(C)=Nc1cc(C)c(Cl)nc1C. The maximum Gasteiger partial charge on any atom is 0.133 e. The molecule has 3 rings (SSSR count). The summed E-state index contributed by atoms with van der Waals surface area (Å²) in [6.07, 6.45) is 6.64. The normalized spacial score (nSPS) is 15.2. The summed E-state index contributed by atoms with van der Waals surface area (Å²) in [5.74, 6) is 0.699. The van der Waals surface area contributed by atoms with E-state index in [2.05, 4.69) is 49.8 Å². The fraction of sp³-hybridized carbons (Fsp3) is 0.552. The fourth-order valence-electron chi connectivity index (χ4n) is 3.33. The fourth-order valence-corrected chi connectivity index (χ4v) is 3.51. The smallest absolute Gasteiger partial charge is 0.133 e. The highest BCUT2D eigenvalue weighted by atomic mass is 35.5. The van der Waals surface area contributed by atoms with Crippen LogP contribution in [0.4, 0.5) is 5.69 Å². The first kappa shape index (κ1) is 29.0. The number of Topliss-reactive ketones (excluding diaryl/α,β-unsaturated/α-hetero) is 1. The Balaban J connectivity index is 0.000000265. The van der Waals surface area contributed by atoms with E-state index < -0.39 is 0 Å². The van der Waals surface area contributed by atoms with Crippen LogP contribution in [0, 0.1) is 19.3 Å². The number of halogens is 1. The molecule has 2 aromatic rings. The molecule has 0 bridgehead atoms. The Bertz CT molecular complexity index is 897. The van der Waals surface area contributed by atoms with Crippen LogP contribution in [0.2, 0.25) is 5.15 Å². The molecule has 1 aliphatic carbocycles. The zero-order valence-electron chi connectivity index (χ0n) is 22.0. The Morgan fingerprint density at radius 1 is 1.12 bits per heavy atom. The van der Waals surface area contributed by atoms with Crippen molar-refractivity contribution in [1.29, 1.82) is 0 Å². The average Bonchev–Trinajstić information content (AvgIpc) is 2.77. The van der Waals surface area contributed by atoms with Crippen LogP contribution in [0.5, 0.6) is 0 Å². The second-order valence-corrected chi connectivity index (χ2v) is 10.2. The lowest BCUT2D eigenvalue weighted by Crippen LogP contribution is -2.20. The number of carbonyl (C=O) groups excluding carboxylic acids is 1. The van der Waals surface area contributed by atoms with Crippen LogP contribution in [0.25, 0.3) is 0 Å². The van der Waals surface area contributed by atoms with Gasteiger partial charge in [-0.3, -0.25) is 9.79 Å². The topological polar surface area (TPSA) is 42.3 Å². The molecule has 4 heteroatoms. The maximum atomic E-state index is 11.2. The molecule has 1 saturated carbocycles. The summed E-state index contributed by atoms with van der Waals surface area (Å²) in [4.78, 5) is 19.9. The number of pyridine rings is 1. The number of hydrogen-bond acceptors (Lipinski definition) is 3. The van der Waals surface area contributed by atoms with Crippen molar-refractivity contribution in [3.63, 3.8) is 0 Å². The van der Waals surface area contributed by atoms with Crippen molar-refractivity contribution in [2.45, 2.75) is 99.8 Å². The molecule has 1 aliphatic rings. The van der Waals surface area contributed by atoms with Gasteiger partial charge >= 0.3 is 0 Å². The van der Waals surface area contributed by atoms with Crippen LogP contribution >= 0.6 is 11.6 Å². The van der Waals surface area contributed by atoms with Gasteiger partial charge in [-0.2, -0.15) is 0 Å². The number of rotatable bonds is 6. The Morgan fingerprint density at radius 3 is 2.15 bits per heavy atom. The largest absolute Gasteiger partial charge is 0.300 e. The molecule has 1 atom stereocenters. The summed E-state index contributed by atoms with van der Waals surface area (Å²) in [6, 6.07) is 12.2. The van der Waals surface area contributed by atoms with E-state index in [0.717, 1.165) is 34.5 Å². The van der Waals surface area contributed by atoms with Crippen molar-refractivity contribution in [3.05, 3.63) is 58.4 Å². The van der Waals surface area contributed by atoms with Gasteiger partial charge in [0.25, 0.3) is 0 Å². The number of aromatic nitrogens is 1. The zero-order chi connectivity index (χ0) is 25.0. The van der Waals surface area contributed by atoms with Crippen molar-refractivity contribution in [2.75, 3.05) is 0 Å². The van der Waals surface area contributed by atoms with Crippen LogP contribution in [0.3, 0.4) is 0 Å². The quantitative estimate of drug-likeness (QED) is 0.311. The highest BCUT2D eigenvalue weighted by molar-refractivity contribution is 6.30. The molecule has 182 valence electrons. The van der Waals surface area contributed by atoms with Gasteiger partial charge in [-0.15, -0.1) is 0 Å². The van der Waals surface area contributed by atoms with Gasteiger partial charge in [0.15, 0.2) is 0 Å². The van der Waals surface area contributed by atoms with Crippen LogP contribution in [0.1, 0.15) is 103 Å². The van der Waals surface area contributed by atoms with Crippen LogP contribution in [0.15, 0.2) is 41.4 Å². The molecule has 0 amide bonds. The van der Waals surface area contributed by atoms with Gasteiger partial charge in [0.1, 0.15) is 10.9 Å². The van der Waals surface area contributed by atoms with Gasteiger partial charge in [-0.1, -0.05) is 83.0 Å². The number of ketones is 1. The van der Waals surface area contributed by atoms with Crippen LogP contribution in [-0.4, -0.2) is 16.5 Å². The lowest BCUT2D eigenvalue weighted by molar-refractivity contribution is -0.119. The standard InChI is InChI=1S/C12H16O.C11H15ClN2.C6H12/c1-3-12(13)9-10(2)11-7-5-4-6-8-11;1-5-8(3)13-10-6-7(2)11(12)14-9(10)4;1-6(2)4-3-5-6/h4-8,10H,3,9H2,1-2H3;6H,5H2,1-4H3;3-5H2,1-2H3. The van der Waals surface area contributed by atoms with E-state index in [-0.39, 0.29) is 0 Å². The molecule has 0 aliphatic heterocycles. The van der Waals surface area contributed by atoms with E-state index in [0.29, 0.717) is 29.7 Å². The van der Waals surface area contributed by atoms with E-state index in [9.17, 15) is 4.79 Å². The maximum absolute atomic E-state index is 11.2. The monoisotopic (exact) mass is 470 g/mol. The number of carbonyl (C=O) groups is 1. The molecule has 1 aromatic carbocycles. The first-order chi connectivity index (χ1) is 15.5. The molecular formula is C29H43ClN2O. The molecule has 0 N–H and O–H groups in total. The highest BCUT2D eigenvalue weighted by Gasteiger charge is 2.25. The van der Waals surface area contributed by atoms with Gasteiger partial charge in [0.05, 0.1) is 11.4 Å². The first-order valence-corrected chi connectivity index (χ1v) is 12.6. The van der Waals surface area contributed by atoms with Gasteiger partial charge in [0, 0.05) is 18.6 Å². The number of aryl methyl sites for hydroxylation is 2. The third-order valence-electron chi connectivity index (χ3n) is 6.14. The van der Waals surface area contributed by atoms with E-state index in [1.54, 1.807) is 0 Å². The second kappa shape index (κ2) is 14.3. The van der Waals surface area contributed by atoms with Crippen molar-refractivity contribution in [2.24, 2.45) is 10.4 Å². The predicted octanol–water partition coefficient (Wildman–Crippen LogP) is 9.21. The van der Waals surface area contributed by atoms with Gasteiger partial charge < -0.3 is 0 Å². The minimum atomic E-state index is 0.344. The van der Waals surface area contributed by atoms with E-state index >= 15 is 0 Å². The van der Waals surface area contributed by atoms with Gasteiger partial charge in [0.2, 0.25) is 0 Å². The number of benzene rings is 1. The minimum absolute atomic E-state index is 0.344. The average molecular weight is 471 g/mol. The second-order valence-electron chi connectivity index (χ2n) is 9.83. The molecular weight excluding hydrogens is 428 g/mol. The molecule has 1 aromatic heterocycles. The van der Waals surface area contributed by atoms with Crippen molar-refractivity contribution >= 4 is 28.8 Å². The summed E-state index contributed by atoms with van der Waals surface area (Å²) >= 11 is 5.90. The van der Waals surface area contributed by atoms with E-state index in [1.807, 2.05) is 52.0 Å². The molecule has 1 heterocycles. The molecule has 0 radical (unpaired) electrons. The van der Waals surface area contributed by atoms with E-state index in [4.69, 9.17) is 11.6 Å². The van der Waals surface area contributed by atoms with Crippen molar-refractivity contribution < 1.29 is 4.79 Å². The van der Waals surface area contributed by atoms with Crippen molar-refractivity contribution in [3.8, 4) is 0 Å². The third-order valence-corrected chi connectivity index (χ3v) is 6.52.